The van der Waals surface area contributed by atoms with Crippen LogP contribution in [0.4, 0.5) is 8.78 Å². The summed E-state index contributed by atoms with van der Waals surface area (Å²) in [6, 6.07) is 5.14. The molecule has 1 fully saturated rings. The summed E-state index contributed by atoms with van der Waals surface area (Å²) in [5, 5.41) is 6.56. The van der Waals surface area contributed by atoms with Gasteiger partial charge in [-0.25, -0.2) is 8.78 Å². The number of benzene rings is 1. The summed E-state index contributed by atoms with van der Waals surface area (Å²) in [6.07, 6.45) is 2.04. The fraction of sp³-hybridized carbons (Fsp3) is 0.412. The average Bonchev–Trinajstić information content (AvgIpc) is 3.19. The van der Waals surface area contributed by atoms with Gasteiger partial charge in [0.1, 0.15) is 6.26 Å². The first-order valence-corrected chi connectivity index (χ1v) is 7.89. The lowest BCUT2D eigenvalue weighted by Crippen LogP contribution is -2.41. The number of rotatable bonds is 4. The van der Waals surface area contributed by atoms with Gasteiger partial charge in [-0.2, -0.15) is 0 Å². The van der Waals surface area contributed by atoms with Crippen LogP contribution in [0.2, 0.25) is 0 Å². The van der Waals surface area contributed by atoms with Crippen molar-refractivity contribution in [2.24, 2.45) is 0 Å². The highest BCUT2D eigenvalue weighted by atomic mass is 19.2. The van der Waals surface area contributed by atoms with Gasteiger partial charge in [0.2, 0.25) is 0 Å². The number of carbonyl (C=O) groups excluding carboxylic acids is 1. The Hall–Kier alpha value is -2.28. The van der Waals surface area contributed by atoms with Crippen molar-refractivity contribution in [2.75, 3.05) is 6.54 Å². The molecule has 0 radical (unpaired) electrons. The van der Waals surface area contributed by atoms with Gasteiger partial charge in [0.15, 0.2) is 17.3 Å². The molecule has 3 rings (SSSR count). The number of aromatic nitrogens is 1. The van der Waals surface area contributed by atoms with Crippen LogP contribution in [-0.2, 0) is 0 Å². The van der Waals surface area contributed by atoms with E-state index in [4.69, 9.17) is 0 Å². The van der Waals surface area contributed by atoms with Crippen LogP contribution < -0.4 is 5.32 Å². The highest BCUT2D eigenvalue weighted by molar-refractivity contribution is 5.92. The number of likely N-dealkylation sites (tertiary alicyclic amines) is 1. The monoisotopic (exact) mass is 335 g/mol. The zero-order valence-corrected chi connectivity index (χ0v) is 13.5. The topological polar surface area (TPSA) is 58.4 Å². The molecule has 1 amide bonds. The SMILES string of the molecule is CC(C)N1CC[C@@H](NC(=O)c2ccon2)[C@@H]1c1ccc(F)c(F)c1. The van der Waals surface area contributed by atoms with Crippen LogP contribution in [0.25, 0.3) is 0 Å². The van der Waals surface area contributed by atoms with E-state index in [9.17, 15) is 13.6 Å². The smallest absolute Gasteiger partial charge is 0.273 e. The standard InChI is InChI=1S/C17H19F2N3O2/c1-10(2)22-7-5-14(20-17(23)15-6-8-24-21-15)16(22)11-3-4-12(18)13(19)9-11/h3-4,6,8-10,14,16H,5,7H2,1-2H3,(H,20,23)/t14-,16+/m1/s1. The highest BCUT2D eigenvalue weighted by Gasteiger charge is 2.38. The number of nitrogens with zero attached hydrogens (tertiary/aromatic N) is 2. The third kappa shape index (κ3) is 3.17. The third-order valence-electron chi connectivity index (χ3n) is 4.37. The van der Waals surface area contributed by atoms with E-state index in [1.165, 1.54) is 18.4 Å². The lowest BCUT2D eigenvalue weighted by molar-refractivity contribution is 0.0910. The van der Waals surface area contributed by atoms with Gasteiger partial charge in [-0.05, 0) is 38.0 Å². The van der Waals surface area contributed by atoms with Crippen molar-refractivity contribution >= 4 is 5.91 Å². The van der Waals surface area contributed by atoms with E-state index in [-0.39, 0.29) is 29.7 Å². The second-order valence-corrected chi connectivity index (χ2v) is 6.20. The summed E-state index contributed by atoms with van der Waals surface area (Å²) >= 11 is 0. The van der Waals surface area contributed by atoms with E-state index in [1.54, 1.807) is 6.07 Å². The minimum atomic E-state index is -0.885. The molecule has 1 aromatic carbocycles. The average molecular weight is 335 g/mol. The molecule has 7 heteroatoms. The van der Waals surface area contributed by atoms with E-state index in [1.807, 2.05) is 13.8 Å². The molecule has 128 valence electrons. The predicted molar refractivity (Wildman–Crippen MR) is 83.3 cm³/mol. The molecule has 1 aliphatic heterocycles. The van der Waals surface area contributed by atoms with Crippen LogP contribution in [0.15, 0.2) is 35.1 Å². The summed E-state index contributed by atoms with van der Waals surface area (Å²) in [5.74, 6) is -2.10. The largest absolute Gasteiger partial charge is 0.364 e. The lowest BCUT2D eigenvalue weighted by atomic mass is 9.99. The fourth-order valence-corrected chi connectivity index (χ4v) is 3.24. The van der Waals surface area contributed by atoms with Crippen molar-refractivity contribution in [2.45, 2.75) is 38.4 Å². The maximum atomic E-state index is 13.7. The molecule has 2 aromatic rings. The number of nitrogens with one attached hydrogen (secondary N) is 1. The van der Waals surface area contributed by atoms with Gasteiger partial charge < -0.3 is 9.84 Å². The number of hydrogen-bond donors (Lipinski definition) is 1. The van der Waals surface area contributed by atoms with E-state index in [0.717, 1.165) is 12.6 Å². The summed E-state index contributed by atoms with van der Waals surface area (Å²) in [6.45, 7) is 4.83. The van der Waals surface area contributed by atoms with E-state index in [0.29, 0.717) is 12.0 Å². The Kier molecular flexibility index (Phi) is 4.62. The Balaban J connectivity index is 1.87. The quantitative estimate of drug-likeness (QED) is 0.933. The van der Waals surface area contributed by atoms with Crippen molar-refractivity contribution < 1.29 is 18.1 Å². The molecule has 1 saturated heterocycles. The Morgan fingerprint density at radius 3 is 2.75 bits per heavy atom. The van der Waals surface area contributed by atoms with Crippen molar-refractivity contribution in [3.63, 3.8) is 0 Å². The minimum Gasteiger partial charge on any atom is -0.364 e. The first kappa shape index (κ1) is 16.6. The second kappa shape index (κ2) is 6.68. The molecular formula is C17H19F2N3O2. The van der Waals surface area contributed by atoms with Crippen molar-refractivity contribution in [3.8, 4) is 0 Å². The molecule has 0 saturated carbocycles. The van der Waals surface area contributed by atoms with E-state index in [2.05, 4.69) is 19.9 Å². The molecule has 1 N–H and O–H groups in total. The molecule has 0 bridgehead atoms. The zero-order chi connectivity index (χ0) is 17.3. The van der Waals surface area contributed by atoms with Crippen LogP contribution in [0.3, 0.4) is 0 Å². The minimum absolute atomic E-state index is 0.196. The molecule has 2 atom stereocenters. The van der Waals surface area contributed by atoms with Gasteiger partial charge in [0.05, 0.1) is 12.1 Å². The van der Waals surface area contributed by atoms with E-state index < -0.39 is 11.6 Å². The third-order valence-corrected chi connectivity index (χ3v) is 4.37. The molecule has 0 unspecified atom stereocenters. The molecule has 0 aliphatic carbocycles. The maximum Gasteiger partial charge on any atom is 0.273 e. The Labute approximate surface area is 138 Å². The Bertz CT molecular complexity index is 719. The summed E-state index contributed by atoms with van der Waals surface area (Å²) in [4.78, 5) is 14.4. The first-order chi connectivity index (χ1) is 11.5. The molecule has 24 heavy (non-hydrogen) atoms. The second-order valence-electron chi connectivity index (χ2n) is 6.20. The normalized spacial score (nSPS) is 21.4. The molecule has 1 aliphatic rings. The maximum absolute atomic E-state index is 13.7. The van der Waals surface area contributed by atoms with Gasteiger partial charge in [-0.15, -0.1) is 0 Å². The highest BCUT2D eigenvalue weighted by Crippen LogP contribution is 2.34. The Morgan fingerprint density at radius 1 is 1.33 bits per heavy atom. The van der Waals surface area contributed by atoms with Gasteiger partial charge in [-0.3, -0.25) is 9.69 Å². The number of amides is 1. The first-order valence-electron chi connectivity index (χ1n) is 7.89. The summed E-state index contributed by atoms with van der Waals surface area (Å²) < 4.78 is 31.6. The van der Waals surface area contributed by atoms with Crippen LogP contribution in [0.1, 0.15) is 42.4 Å². The van der Waals surface area contributed by atoms with Gasteiger partial charge in [-0.1, -0.05) is 11.2 Å². The zero-order valence-electron chi connectivity index (χ0n) is 13.5. The van der Waals surface area contributed by atoms with Crippen molar-refractivity contribution in [3.05, 3.63) is 53.4 Å². The van der Waals surface area contributed by atoms with Crippen molar-refractivity contribution in [1.29, 1.82) is 0 Å². The van der Waals surface area contributed by atoms with Gasteiger partial charge >= 0.3 is 0 Å². The number of hydrogen-bond acceptors (Lipinski definition) is 4. The Morgan fingerprint density at radius 2 is 2.12 bits per heavy atom. The van der Waals surface area contributed by atoms with Crippen LogP contribution in [0.5, 0.6) is 0 Å². The lowest BCUT2D eigenvalue weighted by Gasteiger charge is -2.31. The van der Waals surface area contributed by atoms with Gasteiger partial charge in [0, 0.05) is 18.7 Å². The molecule has 1 aromatic heterocycles. The van der Waals surface area contributed by atoms with Crippen LogP contribution in [0, 0.1) is 11.6 Å². The molecule has 5 nitrogen and oxygen atoms in total. The molecule has 2 heterocycles. The number of halogens is 2. The summed E-state index contributed by atoms with van der Waals surface area (Å²) in [7, 11) is 0. The predicted octanol–water partition coefficient (Wildman–Crippen LogP) is 2.91. The molecular weight excluding hydrogens is 316 g/mol. The van der Waals surface area contributed by atoms with Crippen molar-refractivity contribution in [1.82, 2.24) is 15.4 Å². The number of carbonyl (C=O) groups is 1. The summed E-state index contributed by atoms with van der Waals surface area (Å²) in [5.41, 5.74) is 0.840. The van der Waals surface area contributed by atoms with Crippen LogP contribution >= 0.6 is 0 Å². The van der Waals surface area contributed by atoms with Gasteiger partial charge in [0.25, 0.3) is 5.91 Å². The van der Waals surface area contributed by atoms with E-state index >= 15 is 0 Å². The fourth-order valence-electron chi connectivity index (χ4n) is 3.24. The molecule has 0 spiro atoms. The van der Waals surface area contributed by atoms with Crippen LogP contribution in [-0.4, -0.2) is 34.6 Å².